The zero-order valence-electron chi connectivity index (χ0n) is 23.5. The van der Waals surface area contributed by atoms with E-state index in [0.29, 0.717) is 18.1 Å². The van der Waals surface area contributed by atoms with Gasteiger partial charge in [0.25, 0.3) is 0 Å². The summed E-state index contributed by atoms with van der Waals surface area (Å²) in [7, 11) is 0. The van der Waals surface area contributed by atoms with Gasteiger partial charge in [-0.15, -0.1) is 0 Å². The lowest BCUT2D eigenvalue weighted by Gasteiger charge is -2.21. The van der Waals surface area contributed by atoms with E-state index in [2.05, 4.69) is 13.0 Å². The number of rotatable bonds is 17. The number of hydrogen-bond donors (Lipinski definition) is 0. The molecule has 0 radical (unpaired) electrons. The minimum absolute atomic E-state index is 0.264. The fourth-order valence-electron chi connectivity index (χ4n) is 5.40. The monoisotopic (exact) mass is 517 g/mol. The van der Waals surface area contributed by atoms with Crippen molar-refractivity contribution < 1.29 is 14.3 Å². The number of carbonyl (C=O) groups is 1. The van der Waals surface area contributed by atoms with E-state index in [9.17, 15) is 10.1 Å². The average Bonchev–Trinajstić information content (AvgIpc) is 2.96. The molecule has 2 aromatic rings. The van der Waals surface area contributed by atoms with Crippen LogP contribution in [-0.4, -0.2) is 12.6 Å². The lowest BCUT2D eigenvalue weighted by atomic mass is 9.85. The van der Waals surface area contributed by atoms with E-state index < -0.39 is 5.97 Å². The van der Waals surface area contributed by atoms with Gasteiger partial charge in [0.05, 0.1) is 17.7 Å². The second kappa shape index (κ2) is 17.7. The minimum Gasteiger partial charge on any atom is -0.494 e. The van der Waals surface area contributed by atoms with Crippen LogP contribution in [0.1, 0.15) is 131 Å². The Balaban J connectivity index is 1.37. The molecule has 0 aliphatic heterocycles. The van der Waals surface area contributed by atoms with Crippen LogP contribution in [0.3, 0.4) is 0 Å². The molecule has 1 fully saturated rings. The fraction of sp³-hybridized carbons (Fsp3) is 0.588. The number of nitriles is 1. The summed E-state index contributed by atoms with van der Waals surface area (Å²) in [6, 6.07) is 14.9. The van der Waals surface area contributed by atoms with Crippen LogP contribution in [0.2, 0.25) is 0 Å². The third-order valence-electron chi connectivity index (χ3n) is 7.80. The summed E-state index contributed by atoms with van der Waals surface area (Å²) in [6.07, 6.45) is 21.9. The third-order valence-corrected chi connectivity index (χ3v) is 7.80. The molecule has 0 heterocycles. The smallest absolute Gasteiger partial charge is 0.344 e. The van der Waals surface area contributed by atoms with Crippen LogP contribution in [0, 0.1) is 17.2 Å². The molecule has 0 aromatic heterocycles. The molecule has 38 heavy (non-hydrogen) atoms. The van der Waals surface area contributed by atoms with Crippen molar-refractivity contribution in [1.29, 1.82) is 5.26 Å². The van der Waals surface area contributed by atoms with Gasteiger partial charge in [0, 0.05) is 0 Å². The second-order valence-electron chi connectivity index (χ2n) is 10.9. The Hall–Kier alpha value is -2.80. The molecule has 0 unspecified atom stereocenters. The third kappa shape index (κ3) is 10.9. The average molecular weight is 518 g/mol. The van der Waals surface area contributed by atoms with Gasteiger partial charge in [0.15, 0.2) is 0 Å². The summed E-state index contributed by atoms with van der Waals surface area (Å²) in [4.78, 5) is 12.8. The largest absolute Gasteiger partial charge is 0.494 e. The van der Waals surface area contributed by atoms with E-state index in [0.717, 1.165) is 25.2 Å². The maximum absolute atomic E-state index is 12.8. The first-order valence-corrected chi connectivity index (χ1v) is 15.2. The molecule has 1 aliphatic carbocycles. The number of nitrogens with zero attached hydrogens (tertiary/aromatic N) is 1. The molecule has 4 heteroatoms. The summed E-state index contributed by atoms with van der Waals surface area (Å²) in [6.45, 7) is 2.88. The van der Waals surface area contributed by atoms with Crippen molar-refractivity contribution in [2.24, 2.45) is 5.92 Å². The SMILES string of the molecule is CCCCCCCCCCCCOc1ccc(C(=O)Oc2ccc(CCC3CCCCC3)cc2)c(C#N)c1. The van der Waals surface area contributed by atoms with E-state index >= 15 is 0 Å². The van der Waals surface area contributed by atoms with E-state index in [1.807, 2.05) is 24.3 Å². The Labute approximate surface area is 230 Å². The molecule has 0 atom stereocenters. The predicted molar refractivity (Wildman–Crippen MR) is 155 cm³/mol. The zero-order valence-corrected chi connectivity index (χ0v) is 23.5. The highest BCUT2D eigenvalue weighted by atomic mass is 16.5. The molecule has 3 rings (SSSR count). The van der Waals surface area contributed by atoms with Gasteiger partial charge in [-0.2, -0.15) is 5.26 Å². The topological polar surface area (TPSA) is 59.3 Å². The van der Waals surface area contributed by atoms with Gasteiger partial charge >= 0.3 is 5.97 Å². The molecule has 1 saturated carbocycles. The second-order valence-corrected chi connectivity index (χ2v) is 10.9. The highest BCUT2D eigenvalue weighted by Gasteiger charge is 2.16. The molecule has 0 saturated heterocycles. The number of ether oxygens (including phenoxy) is 2. The summed E-state index contributed by atoms with van der Waals surface area (Å²) >= 11 is 0. The molecule has 0 spiro atoms. The number of aryl methyl sites for hydroxylation is 1. The van der Waals surface area contributed by atoms with Crippen LogP contribution in [-0.2, 0) is 6.42 Å². The van der Waals surface area contributed by atoms with Gasteiger partial charge in [0.2, 0.25) is 0 Å². The molecule has 4 nitrogen and oxygen atoms in total. The van der Waals surface area contributed by atoms with Gasteiger partial charge in [-0.1, -0.05) is 109 Å². The lowest BCUT2D eigenvalue weighted by Crippen LogP contribution is -2.11. The van der Waals surface area contributed by atoms with Crippen molar-refractivity contribution in [2.75, 3.05) is 6.61 Å². The van der Waals surface area contributed by atoms with Crippen LogP contribution in [0.15, 0.2) is 42.5 Å². The van der Waals surface area contributed by atoms with Gasteiger partial charge in [-0.25, -0.2) is 4.79 Å². The van der Waals surface area contributed by atoms with Crippen LogP contribution < -0.4 is 9.47 Å². The molecule has 0 N–H and O–H groups in total. The van der Waals surface area contributed by atoms with Crippen molar-refractivity contribution in [3.8, 4) is 17.6 Å². The van der Waals surface area contributed by atoms with E-state index in [1.54, 1.807) is 18.2 Å². The van der Waals surface area contributed by atoms with Crippen molar-refractivity contribution >= 4 is 5.97 Å². The summed E-state index contributed by atoms with van der Waals surface area (Å²) in [5, 5.41) is 9.61. The summed E-state index contributed by atoms with van der Waals surface area (Å²) in [5.74, 6) is 1.46. The van der Waals surface area contributed by atoms with Gasteiger partial charge in [-0.3, -0.25) is 0 Å². The number of carbonyl (C=O) groups excluding carboxylic acids is 1. The molecule has 206 valence electrons. The Morgan fingerprint density at radius 1 is 0.842 bits per heavy atom. The van der Waals surface area contributed by atoms with Crippen LogP contribution in [0.4, 0.5) is 0 Å². The molecule has 2 aromatic carbocycles. The first-order valence-electron chi connectivity index (χ1n) is 15.2. The Morgan fingerprint density at radius 3 is 2.13 bits per heavy atom. The van der Waals surface area contributed by atoms with E-state index in [1.165, 1.54) is 95.5 Å². The minimum atomic E-state index is -0.516. The first kappa shape index (κ1) is 29.8. The normalized spacial score (nSPS) is 13.7. The highest BCUT2D eigenvalue weighted by molar-refractivity contribution is 5.93. The van der Waals surface area contributed by atoms with Gasteiger partial charge in [0.1, 0.15) is 17.6 Å². The summed E-state index contributed by atoms with van der Waals surface area (Å²) in [5.41, 5.74) is 1.82. The first-order chi connectivity index (χ1) is 18.7. The fourth-order valence-corrected chi connectivity index (χ4v) is 5.40. The quantitative estimate of drug-likeness (QED) is 0.119. The van der Waals surface area contributed by atoms with Gasteiger partial charge in [-0.05, 0) is 61.1 Å². The number of esters is 1. The van der Waals surface area contributed by atoms with Crippen LogP contribution >= 0.6 is 0 Å². The summed E-state index contributed by atoms with van der Waals surface area (Å²) < 4.78 is 11.4. The zero-order chi connectivity index (χ0) is 26.8. The number of benzene rings is 2. The maximum Gasteiger partial charge on any atom is 0.344 e. The molecule has 1 aliphatic rings. The number of hydrogen-bond acceptors (Lipinski definition) is 4. The standard InChI is InChI=1S/C34H47NO3/c1-2-3-4-5-6-7-8-9-10-14-25-37-32-23-24-33(30(26-32)27-35)34(36)38-31-21-19-29(20-22-31)18-17-28-15-12-11-13-16-28/h19-24,26,28H,2-18,25H2,1H3. The molecule has 0 bridgehead atoms. The molecule has 0 amide bonds. The van der Waals surface area contributed by atoms with Crippen molar-refractivity contribution in [3.05, 3.63) is 59.2 Å². The van der Waals surface area contributed by atoms with Crippen molar-refractivity contribution in [3.63, 3.8) is 0 Å². The van der Waals surface area contributed by atoms with Gasteiger partial charge < -0.3 is 9.47 Å². The van der Waals surface area contributed by atoms with Crippen molar-refractivity contribution in [2.45, 2.75) is 116 Å². The predicted octanol–water partition coefficient (Wildman–Crippen LogP) is 9.59. The number of unbranched alkanes of at least 4 members (excludes halogenated alkanes) is 9. The van der Waals surface area contributed by atoms with Crippen LogP contribution in [0.5, 0.6) is 11.5 Å². The van der Waals surface area contributed by atoms with Crippen LogP contribution in [0.25, 0.3) is 0 Å². The van der Waals surface area contributed by atoms with E-state index in [4.69, 9.17) is 9.47 Å². The Morgan fingerprint density at radius 2 is 1.47 bits per heavy atom. The molecular weight excluding hydrogens is 470 g/mol. The Kier molecular flexibility index (Phi) is 13.8. The van der Waals surface area contributed by atoms with E-state index in [-0.39, 0.29) is 11.1 Å². The maximum atomic E-state index is 12.8. The highest BCUT2D eigenvalue weighted by Crippen LogP contribution is 2.28. The van der Waals surface area contributed by atoms with Crippen molar-refractivity contribution in [1.82, 2.24) is 0 Å². The lowest BCUT2D eigenvalue weighted by molar-refractivity contribution is 0.0734. The Bertz CT molecular complexity index is 986. The molecular formula is C34H47NO3.